The highest BCUT2D eigenvalue weighted by Crippen LogP contribution is 2.36. The van der Waals surface area contributed by atoms with Gasteiger partial charge in [0.2, 0.25) is 5.95 Å². The zero-order valence-corrected chi connectivity index (χ0v) is 25.3. The van der Waals surface area contributed by atoms with E-state index in [1.165, 1.54) is 32.4 Å². The average Bonchev–Trinajstić information content (AvgIpc) is 3.20. The van der Waals surface area contributed by atoms with Gasteiger partial charge in [-0.15, -0.1) is 0 Å². The van der Waals surface area contributed by atoms with Gasteiger partial charge in [0.15, 0.2) is 11.5 Å². The first-order chi connectivity index (χ1) is 19.5. The molecule has 1 aromatic carbocycles. The van der Waals surface area contributed by atoms with E-state index < -0.39 is 0 Å². The Bertz CT molecular complexity index is 1080. The Hall–Kier alpha value is -2.36. The van der Waals surface area contributed by atoms with Crippen LogP contribution in [-0.4, -0.2) is 116 Å². The van der Waals surface area contributed by atoms with Crippen molar-refractivity contribution in [3.05, 3.63) is 12.1 Å². The van der Waals surface area contributed by atoms with Gasteiger partial charge in [-0.05, 0) is 85.1 Å². The number of anilines is 2. The lowest BCUT2D eigenvalue weighted by atomic mass is 10.0. The summed E-state index contributed by atoms with van der Waals surface area (Å²) >= 11 is 0. The fourth-order valence-electron chi connectivity index (χ4n) is 6.30. The number of likely N-dealkylation sites (tertiary alicyclic amines) is 2. The molecule has 0 amide bonds. The molecule has 5 rings (SSSR count). The van der Waals surface area contributed by atoms with Crippen LogP contribution in [0.5, 0.6) is 11.5 Å². The van der Waals surface area contributed by atoms with Crippen molar-refractivity contribution in [2.75, 3.05) is 89.9 Å². The Morgan fingerprint density at radius 1 is 0.900 bits per heavy atom. The van der Waals surface area contributed by atoms with Gasteiger partial charge in [-0.2, -0.15) is 4.98 Å². The summed E-state index contributed by atoms with van der Waals surface area (Å²) < 4.78 is 12.1. The van der Waals surface area contributed by atoms with Gasteiger partial charge in [-0.3, -0.25) is 0 Å². The van der Waals surface area contributed by atoms with Crippen molar-refractivity contribution < 1.29 is 9.47 Å². The summed E-state index contributed by atoms with van der Waals surface area (Å²) in [6.07, 6.45) is 8.37. The molecule has 1 N–H and O–H groups in total. The summed E-state index contributed by atoms with van der Waals surface area (Å²) in [5.41, 5.74) is 0.913. The number of nitrogens with zero attached hydrogens (tertiary/aromatic N) is 6. The van der Waals surface area contributed by atoms with Crippen LogP contribution in [0.2, 0.25) is 0 Å². The second-order valence-corrected chi connectivity index (χ2v) is 12.2. The standard InChI is InChI=1S/C31H51N7O2/c1-24(2)37-17-10-25(11-18-37)32-30-26-22-28(39-4)29(40-21-9-15-36-13-6-5-7-14-36)23-27(26)33-31(34-30)38-16-8-12-35(3)19-20-38/h22-25H,5-21H2,1-4H3,(H,32,33,34). The van der Waals surface area contributed by atoms with Crippen molar-refractivity contribution in [2.45, 2.75) is 70.9 Å². The minimum atomic E-state index is 0.396. The van der Waals surface area contributed by atoms with Crippen LogP contribution in [0, 0.1) is 0 Å². The third kappa shape index (κ3) is 7.47. The molecule has 0 radical (unpaired) electrons. The lowest BCUT2D eigenvalue weighted by Crippen LogP contribution is -2.42. The second-order valence-electron chi connectivity index (χ2n) is 12.2. The summed E-state index contributed by atoms with van der Waals surface area (Å²) in [6.45, 7) is 15.0. The molecule has 3 aliphatic rings. The Balaban J connectivity index is 1.37. The minimum absolute atomic E-state index is 0.396. The van der Waals surface area contributed by atoms with Crippen LogP contribution < -0.4 is 19.7 Å². The van der Waals surface area contributed by atoms with Gasteiger partial charge in [-0.1, -0.05) is 6.42 Å². The average molecular weight is 554 g/mol. The van der Waals surface area contributed by atoms with E-state index in [-0.39, 0.29) is 0 Å². The van der Waals surface area contributed by atoms with Crippen LogP contribution >= 0.6 is 0 Å². The number of likely N-dealkylation sites (N-methyl/N-ethyl adjacent to an activating group) is 1. The van der Waals surface area contributed by atoms with E-state index in [0.717, 1.165) is 106 Å². The highest BCUT2D eigenvalue weighted by Gasteiger charge is 2.24. The number of ether oxygens (including phenoxy) is 2. The molecular weight excluding hydrogens is 502 g/mol. The van der Waals surface area contributed by atoms with Crippen molar-refractivity contribution in [3.63, 3.8) is 0 Å². The number of methoxy groups -OCH3 is 1. The molecule has 4 heterocycles. The second kappa shape index (κ2) is 14.0. The number of benzene rings is 1. The van der Waals surface area contributed by atoms with E-state index in [2.05, 4.69) is 57.9 Å². The molecule has 0 spiro atoms. The maximum atomic E-state index is 6.31. The molecule has 0 aliphatic carbocycles. The lowest BCUT2D eigenvalue weighted by Gasteiger charge is -2.35. The quantitative estimate of drug-likeness (QED) is 0.433. The van der Waals surface area contributed by atoms with E-state index in [9.17, 15) is 0 Å². The zero-order valence-electron chi connectivity index (χ0n) is 25.3. The van der Waals surface area contributed by atoms with E-state index in [1.54, 1.807) is 7.11 Å². The highest BCUT2D eigenvalue weighted by atomic mass is 16.5. The predicted octanol–water partition coefficient (Wildman–Crippen LogP) is 4.32. The number of piperidine rings is 2. The van der Waals surface area contributed by atoms with Crippen molar-refractivity contribution in [1.29, 1.82) is 0 Å². The van der Waals surface area contributed by atoms with E-state index in [0.29, 0.717) is 18.7 Å². The Kier molecular flexibility index (Phi) is 10.2. The molecule has 0 atom stereocenters. The molecule has 2 aromatic rings. The highest BCUT2D eigenvalue weighted by molar-refractivity contribution is 5.93. The van der Waals surface area contributed by atoms with Gasteiger partial charge in [0.25, 0.3) is 0 Å². The third-order valence-electron chi connectivity index (χ3n) is 8.90. The summed E-state index contributed by atoms with van der Waals surface area (Å²) in [5, 5.41) is 4.83. The monoisotopic (exact) mass is 553 g/mol. The van der Waals surface area contributed by atoms with Gasteiger partial charge in [0.1, 0.15) is 5.82 Å². The van der Waals surface area contributed by atoms with Crippen LogP contribution in [0.15, 0.2) is 12.1 Å². The molecule has 0 bridgehead atoms. The van der Waals surface area contributed by atoms with E-state index >= 15 is 0 Å². The number of nitrogens with one attached hydrogen (secondary N) is 1. The van der Waals surface area contributed by atoms with Gasteiger partial charge in [-0.25, -0.2) is 4.98 Å². The molecule has 9 nitrogen and oxygen atoms in total. The summed E-state index contributed by atoms with van der Waals surface area (Å²) in [4.78, 5) is 20.1. The number of rotatable bonds is 10. The third-order valence-corrected chi connectivity index (χ3v) is 8.90. The molecular formula is C31H51N7O2. The summed E-state index contributed by atoms with van der Waals surface area (Å²) in [6, 6.07) is 5.13. The molecule has 3 fully saturated rings. The first kappa shape index (κ1) is 29.1. The molecule has 3 saturated heterocycles. The van der Waals surface area contributed by atoms with Crippen LogP contribution in [0.3, 0.4) is 0 Å². The van der Waals surface area contributed by atoms with Crippen LogP contribution in [-0.2, 0) is 0 Å². The summed E-state index contributed by atoms with van der Waals surface area (Å²) in [7, 11) is 3.92. The lowest BCUT2D eigenvalue weighted by molar-refractivity contribution is 0.177. The topological polar surface area (TPSA) is 69.2 Å². The van der Waals surface area contributed by atoms with Crippen LogP contribution in [0.1, 0.15) is 58.8 Å². The fourth-order valence-corrected chi connectivity index (χ4v) is 6.30. The van der Waals surface area contributed by atoms with Crippen LogP contribution in [0.4, 0.5) is 11.8 Å². The number of hydrogen-bond acceptors (Lipinski definition) is 9. The van der Waals surface area contributed by atoms with Crippen LogP contribution in [0.25, 0.3) is 10.9 Å². The van der Waals surface area contributed by atoms with Gasteiger partial charge < -0.3 is 34.4 Å². The van der Waals surface area contributed by atoms with Gasteiger partial charge in [0.05, 0.1) is 19.2 Å². The zero-order chi connectivity index (χ0) is 27.9. The van der Waals surface area contributed by atoms with Gasteiger partial charge in [0, 0.05) is 62.8 Å². The Labute approximate surface area is 241 Å². The maximum Gasteiger partial charge on any atom is 0.227 e. The SMILES string of the molecule is COc1cc2c(NC3CCN(C(C)C)CC3)nc(N3CCCN(C)CC3)nc2cc1OCCCN1CCCCC1. The first-order valence-corrected chi connectivity index (χ1v) is 15.7. The van der Waals surface area contributed by atoms with Crippen molar-refractivity contribution >= 4 is 22.7 Å². The predicted molar refractivity (Wildman–Crippen MR) is 164 cm³/mol. The maximum absolute atomic E-state index is 6.31. The Morgan fingerprint density at radius 3 is 2.45 bits per heavy atom. The molecule has 1 aromatic heterocycles. The van der Waals surface area contributed by atoms with Crippen molar-refractivity contribution in [3.8, 4) is 11.5 Å². The molecule has 9 heteroatoms. The first-order valence-electron chi connectivity index (χ1n) is 15.7. The van der Waals surface area contributed by atoms with E-state index in [1.807, 2.05) is 0 Å². The minimum Gasteiger partial charge on any atom is -0.493 e. The largest absolute Gasteiger partial charge is 0.493 e. The summed E-state index contributed by atoms with van der Waals surface area (Å²) in [5.74, 6) is 3.24. The molecule has 222 valence electrons. The normalized spacial score (nSPS) is 20.7. The van der Waals surface area contributed by atoms with Crippen molar-refractivity contribution in [1.82, 2.24) is 24.7 Å². The molecule has 3 aliphatic heterocycles. The fraction of sp³-hybridized carbons (Fsp3) is 0.742. The molecule has 0 saturated carbocycles. The molecule has 0 unspecified atom stereocenters. The number of hydrogen-bond donors (Lipinski definition) is 1. The van der Waals surface area contributed by atoms with Crippen molar-refractivity contribution in [2.24, 2.45) is 0 Å². The Morgan fingerprint density at radius 2 is 1.70 bits per heavy atom. The number of aromatic nitrogens is 2. The smallest absolute Gasteiger partial charge is 0.227 e. The van der Waals surface area contributed by atoms with Gasteiger partial charge >= 0.3 is 0 Å². The molecule has 40 heavy (non-hydrogen) atoms. The van der Waals surface area contributed by atoms with E-state index in [4.69, 9.17) is 19.4 Å². The number of fused-ring (bicyclic) bond motifs is 1.